The summed E-state index contributed by atoms with van der Waals surface area (Å²) >= 11 is 1.57. The van der Waals surface area contributed by atoms with Crippen molar-refractivity contribution in [2.24, 2.45) is 0 Å². The first-order chi connectivity index (χ1) is 8.75. The van der Waals surface area contributed by atoms with Crippen LogP contribution in [-0.4, -0.2) is 22.8 Å². The maximum atomic E-state index is 11.9. The van der Waals surface area contributed by atoms with Gasteiger partial charge < -0.3 is 4.90 Å². The van der Waals surface area contributed by atoms with Crippen LogP contribution in [0.5, 0.6) is 0 Å². The molecule has 2 rings (SSSR count). The van der Waals surface area contributed by atoms with E-state index in [1.165, 1.54) is 0 Å². The van der Waals surface area contributed by atoms with E-state index in [1.54, 1.807) is 21.7 Å². The van der Waals surface area contributed by atoms with Crippen LogP contribution in [0.3, 0.4) is 0 Å². The molecule has 4 heteroatoms. The Hall–Kier alpha value is -1.68. The Morgan fingerprint density at radius 3 is 2.78 bits per heavy atom. The minimum absolute atomic E-state index is 0.159. The zero-order valence-corrected chi connectivity index (χ0v) is 11.2. The summed E-state index contributed by atoms with van der Waals surface area (Å²) in [6.45, 7) is 0.663. The van der Waals surface area contributed by atoms with Crippen LogP contribution in [0.4, 0.5) is 0 Å². The van der Waals surface area contributed by atoms with Crippen LogP contribution in [0.2, 0.25) is 0 Å². The van der Waals surface area contributed by atoms with Crippen molar-refractivity contribution >= 4 is 17.2 Å². The molecule has 0 atom stereocenters. The van der Waals surface area contributed by atoms with Gasteiger partial charge in [0.15, 0.2) is 0 Å². The van der Waals surface area contributed by atoms with E-state index in [2.05, 4.69) is 4.98 Å². The smallest absolute Gasteiger partial charge is 0.223 e. The molecule has 18 heavy (non-hydrogen) atoms. The van der Waals surface area contributed by atoms with Crippen molar-refractivity contribution in [1.29, 1.82) is 0 Å². The van der Waals surface area contributed by atoms with E-state index in [4.69, 9.17) is 0 Å². The van der Waals surface area contributed by atoms with Gasteiger partial charge in [-0.15, -0.1) is 11.3 Å². The number of aryl methyl sites for hydroxylation is 1. The normalized spacial score (nSPS) is 10.3. The second-order valence-corrected chi connectivity index (χ2v) is 4.93. The van der Waals surface area contributed by atoms with Crippen LogP contribution in [0, 0.1) is 0 Å². The van der Waals surface area contributed by atoms with Gasteiger partial charge in [0.1, 0.15) is 0 Å². The zero-order valence-electron chi connectivity index (χ0n) is 10.4. The Morgan fingerprint density at radius 2 is 2.11 bits per heavy atom. The van der Waals surface area contributed by atoms with Gasteiger partial charge in [-0.3, -0.25) is 4.79 Å². The standard InChI is InChI=1S/C14H16N2OS/c1-16(9-12-5-3-2-4-6-12)14(17)8-7-13-10-18-11-15-13/h2-6,10-11H,7-9H2,1H3. The van der Waals surface area contributed by atoms with Crippen LogP contribution < -0.4 is 0 Å². The second kappa shape index (κ2) is 6.31. The van der Waals surface area contributed by atoms with Crippen LogP contribution in [0.1, 0.15) is 17.7 Å². The molecule has 0 fully saturated rings. The molecule has 1 aromatic carbocycles. The lowest BCUT2D eigenvalue weighted by Gasteiger charge is -2.16. The molecule has 0 bridgehead atoms. The van der Waals surface area contributed by atoms with E-state index in [9.17, 15) is 4.79 Å². The van der Waals surface area contributed by atoms with Crippen LogP contribution in [0.15, 0.2) is 41.2 Å². The fourth-order valence-electron chi connectivity index (χ4n) is 1.73. The molecule has 0 aliphatic heterocycles. The SMILES string of the molecule is CN(Cc1ccccc1)C(=O)CCc1cscn1. The summed E-state index contributed by atoms with van der Waals surface area (Å²) < 4.78 is 0. The Labute approximate surface area is 111 Å². The van der Waals surface area contributed by atoms with Crippen molar-refractivity contribution in [3.05, 3.63) is 52.5 Å². The number of rotatable bonds is 5. The number of amides is 1. The molecule has 0 aliphatic rings. The molecule has 0 spiro atoms. The maximum absolute atomic E-state index is 11.9. The van der Waals surface area contributed by atoms with Gasteiger partial charge in [-0.2, -0.15) is 0 Å². The molecule has 0 saturated carbocycles. The molecule has 0 unspecified atom stereocenters. The molecule has 0 N–H and O–H groups in total. The highest BCUT2D eigenvalue weighted by Crippen LogP contribution is 2.07. The first-order valence-corrected chi connectivity index (χ1v) is 6.85. The summed E-state index contributed by atoms with van der Waals surface area (Å²) in [5, 5.41) is 1.99. The molecule has 0 radical (unpaired) electrons. The molecule has 2 aromatic rings. The summed E-state index contributed by atoms with van der Waals surface area (Å²) in [6, 6.07) is 10.0. The van der Waals surface area contributed by atoms with Crippen molar-refractivity contribution in [1.82, 2.24) is 9.88 Å². The minimum atomic E-state index is 0.159. The molecule has 1 aromatic heterocycles. The highest BCUT2D eigenvalue weighted by atomic mass is 32.1. The molecule has 1 amide bonds. The molecule has 1 heterocycles. The lowest BCUT2D eigenvalue weighted by atomic mass is 10.2. The topological polar surface area (TPSA) is 33.2 Å². The molecular weight excluding hydrogens is 244 g/mol. The number of benzene rings is 1. The van der Waals surface area contributed by atoms with Crippen molar-refractivity contribution in [3.63, 3.8) is 0 Å². The van der Waals surface area contributed by atoms with Crippen LogP contribution >= 0.6 is 11.3 Å². The summed E-state index contributed by atoms with van der Waals surface area (Å²) in [7, 11) is 1.84. The number of hydrogen-bond donors (Lipinski definition) is 0. The molecule has 3 nitrogen and oxygen atoms in total. The zero-order chi connectivity index (χ0) is 12.8. The summed E-state index contributed by atoms with van der Waals surface area (Å²) in [4.78, 5) is 17.9. The van der Waals surface area contributed by atoms with Crippen LogP contribution in [0.25, 0.3) is 0 Å². The molecule has 94 valence electrons. The minimum Gasteiger partial charge on any atom is -0.341 e. The molecular formula is C14H16N2OS. The summed E-state index contributed by atoms with van der Waals surface area (Å²) in [5.74, 6) is 0.159. The van der Waals surface area contributed by atoms with Gasteiger partial charge in [-0.25, -0.2) is 4.98 Å². The Bertz CT molecular complexity index is 482. The Morgan fingerprint density at radius 1 is 1.33 bits per heavy atom. The van der Waals surface area contributed by atoms with Gasteiger partial charge in [-0.05, 0) is 12.0 Å². The van der Waals surface area contributed by atoms with E-state index in [0.717, 1.165) is 17.7 Å². The lowest BCUT2D eigenvalue weighted by Crippen LogP contribution is -2.26. The fourth-order valence-corrected chi connectivity index (χ4v) is 2.33. The first-order valence-electron chi connectivity index (χ1n) is 5.90. The predicted octanol–water partition coefficient (Wildman–Crippen LogP) is 2.73. The van der Waals surface area contributed by atoms with Gasteiger partial charge in [0, 0.05) is 25.4 Å². The highest BCUT2D eigenvalue weighted by molar-refractivity contribution is 7.07. The van der Waals surface area contributed by atoms with Gasteiger partial charge in [0.05, 0.1) is 11.2 Å². The third kappa shape index (κ3) is 3.67. The Balaban J connectivity index is 1.82. The van der Waals surface area contributed by atoms with E-state index in [-0.39, 0.29) is 5.91 Å². The van der Waals surface area contributed by atoms with E-state index >= 15 is 0 Å². The number of thiazole rings is 1. The van der Waals surface area contributed by atoms with E-state index < -0.39 is 0 Å². The van der Waals surface area contributed by atoms with Crippen molar-refractivity contribution in [2.75, 3.05) is 7.05 Å². The Kier molecular flexibility index (Phi) is 4.47. The quantitative estimate of drug-likeness (QED) is 0.828. The fraction of sp³-hybridized carbons (Fsp3) is 0.286. The lowest BCUT2D eigenvalue weighted by molar-refractivity contribution is -0.130. The number of carbonyl (C=O) groups excluding carboxylic acids is 1. The van der Waals surface area contributed by atoms with Gasteiger partial charge in [0.2, 0.25) is 5.91 Å². The number of carbonyl (C=O) groups is 1. The van der Waals surface area contributed by atoms with Gasteiger partial charge in [0.25, 0.3) is 0 Å². The first kappa shape index (κ1) is 12.8. The van der Waals surface area contributed by atoms with E-state index in [1.807, 2.05) is 42.8 Å². The summed E-state index contributed by atoms with van der Waals surface area (Å²) in [6.07, 6.45) is 1.24. The second-order valence-electron chi connectivity index (χ2n) is 4.22. The predicted molar refractivity (Wildman–Crippen MR) is 73.4 cm³/mol. The number of aromatic nitrogens is 1. The van der Waals surface area contributed by atoms with Crippen molar-refractivity contribution in [3.8, 4) is 0 Å². The highest BCUT2D eigenvalue weighted by Gasteiger charge is 2.09. The van der Waals surface area contributed by atoms with Crippen LogP contribution in [-0.2, 0) is 17.8 Å². The largest absolute Gasteiger partial charge is 0.341 e. The number of hydrogen-bond acceptors (Lipinski definition) is 3. The van der Waals surface area contributed by atoms with Crippen molar-refractivity contribution < 1.29 is 4.79 Å². The van der Waals surface area contributed by atoms with Gasteiger partial charge in [-0.1, -0.05) is 30.3 Å². The number of nitrogens with zero attached hydrogens (tertiary/aromatic N) is 2. The molecule has 0 aliphatic carbocycles. The summed E-state index contributed by atoms with van der Waals surface area (Å²) in [5.41, 5.74) is 3.96. The molecule has 0 saturated heterocycles. The van der Waals surface area contributed by atoms with Crippen molar-refractivity contribution in [2.45, 2.75) is 19.4 Å². The maximum Gasteiger partial charge on any atom is 0.223 e. The average Bonchev–Trinajstić information content (AvgIpc) is 2.90. The van der Waals surface area contributed by atoms with Gasteiger partial charge >= 0.3 is 0 Å². The monoisotopic (exact) mass is 260 g/mol. The third-order valence-electron chi connectivity index (χ3n) is 2.77. The third-order valence-corrected chi connectivity index (χ3v) is 3.40. The van der Waals surface area contributed by atoms with E-state index in [0.29, 0.717) is 13.0 Å². The average molecular weight is 260 g/mol.